The first-order valence-corrected chi connectivity index (χ1v) is 12.4. The fourth-order valence-corrected chi connectivity index (χ4v) is 6.00. The van der Waals surface area contributed by atoms with E-state index in [9.17, 15) is 5.26 Å². The van der Waals surface area contributed by atoms with Gasteiger partial charge in [0.2, 0.25) is 0 Å². The lowest BCUT2D eigenvalue weighted by molar-refractivity contribution is 0.616. The average Bonchev–Trinajstić information content (AvgIpc) is 3.44. The van der Waals surface area contributed by atoms with Crippen LogP contribution < -0.4 is 5.32 Å². The molecule has 7 rings (SSSR count). The maximum atomic E-state index is 9.90. The Labute approximate surface area is 204 Å². The fourth-order valence-electron chi connectivity index (χ4n) is 6.00. The molecular formula is C31H25N3O. The number of hydrogen-bond donors (Lipinski definition) is 1. The summed E-state index contributed by atoms with van der Waals surface area (Å²) in [5, 5.41) is 15.7. The monoisotopic (exact) mass is 455 g/mol. The summed E-state index contributed by atoms with van der Waals surface area (Å²) in [5.74, 6) is 0.994. The Balaban J connectivity index is 1.58. The summed E-state index contributed by atoms with van der Waals surface area (Å²) in [4.78, 5) is 0. The largest absolute Gasteiger partial charge is 0.454 e. The van der Waals surface area contributed by atoms with Gasteiger partial charge in [0.15, 0.2) is 5.76 Å². The number of para-hydroxylation sites is 2. The number of aryl methyl sites for hydroxylation is 2. The number of nitrogens with zero attached hydrogens (tertiary/aromatic N) is 2. The van der Waals surface area contributed by atoms with Crippen molar-refractivity contribution in [2.75, 3.05) is 0 Å². The molecule has 2 aliphatic carbocycles. The van der Waals surface area contributed by atoms with Gasteiger partial charge in [-0.15, -0.1) is 0 Å². The highest BCUT2D eigenvalue weighted by atomic mass is 16.3. The lowest BCUT2D eigenvalue weighted by Gasteiger charge is -2.25. The average molecular weight is 456 g/mol. The predicted octanol–water partition coefficient (Wildman–Crippen LogP) is 7.04. The second kappa shape index (κ2) is 7.65. The molecule has 2 aromatic carbocycles. The molecular weight excluding hydrogens is 430 g/mol. The minimum Gasteiger partial charge on any atom is -0.454 e. The van der Waals surface area contributed by atoms with E-state index >= 15 is 0 Å². The van der Waals surface area contributed by atoms with Gasteiger partial charge in [0, 0.05) is 45.4 Å². The maximum Gasteiger partial charge on any atom is 0.155 e. The number of nitriles is 1. The molecule has 35 heavy (non-hydrogen) atoms. The summed E-state index contributed by atoms with van der Waals surface area (Å²) < 4.78 is 9.01. The summed E-state index contributed by atoms with van der Waals surface area (Å²) >= 11 is 0. The second-order valence-corrected chi connectivity index (χ2v) is 9.59. The van der Waals surface area contributed by atoms with E-state index in [4.69, 9.17) is 4.42 Å². The van der Waals surface area contributed by atoms with Crippen LogP contribution >= 0.6 is 0 Å². The van der Waals surface area contributed by atoms with Crippen molar-refractivity contribution in [3.05, 3.63) is 101 Å². The molecule has 4 aromatic rings. The highest BCUT2D eigenvalue weighted by molar-refractivity contribution is 5.99. The first kappa shape index (κ1) is 20.2. The molecule has 1 unspecified atom stereocenters. The van der Waals surface area contributed by atoms with Crippen LogP contribution in [0.5, 0.6) is 0 Å². The highest BCUT2D eigenvalue weighted by Gasteiger charge is 2.31. The molecule has 3 aliphatic rings. The first-order chi connectivity index (χ1) is 17.2. The Morgan fingerprint density at radius 2 is 1.80 bits per heavy atom. The third kappa shape index (κ3) is 2.91. The van der Waals surface area contributed by atoms with Crippen LogP contribution in [0, 0.1) is 11.3 Å². The van der Waals surface area contributed by atoms with Gasteiger partial charge in [-0.3, -0.25) is 0 Å². The topological polar surface area (TPSA) is 53.9 Å². The number of aromatic nitrogens is 1. The molecule has 2 aromatic heterocycles. The molecule has 0 radical (unpaired) electrons. The Kier molecular flexibility index (Phi) is 4.41. The number of fused-ring (bicyclic) bond motifs is 7. The van der Waals surface area contributed by atoms with E-state index in [2.05, 4.69) is 83.6 Å². The van der Waals surface area contributed by atoms with Crippen molar-refractivity contribution in [3.8, 4) is 17.5 Å². The van der Waals surface area contributed by atoms with Crippen molar-refractivity contribution >= 4 is 27.6 Å². The molecule has 4 nitrogen and oxygen atoms in total. The van der Waals surface area contributed by atoms with Crippen LogP contribution in [0.15, 0.2) is 94.1 Å². The van der Waals surface area contributed by atoms with E-state index in [-0.39, 0.29) is 6.04 Å². The predicted molar refractivity (Wildman–Crippen MR) is 141 cm³/mol. The van der Waals surface area contributed by atoms with Crippen LogP contribution in [0.25, 0.3) is 39.0 Å². The molecule has 0 amide bonds. The molecule has 170 valence electrons. The quantitative estimate of drug-likeness (QED) is 0.353. The lowest BCUT2D eigenvalue weighted by Crippen LogP contribution is -2.23. The molecule has 1 atom stereocenters. The van der Waals surface area contributed by atoms with Crippen molar-refractivity contribution in [3.63, 3.8) is 0 Å². The smallest absolute Gasteiger partial charge is 0.155 e. The Morgan fingerprint density at radius 1 is 1.00 bits per heavy atom. The lowest BCUT2D eigenvalue weighted by atomic mass is 9.89. The summed E-state index contributed by atoms with van der Waals surface area (Å²) in [5.41, 5.74) is 10.0. The third-order valence-electron chi connectivity index (χ3n) is 7.54. The van der Waals surface area contributed by atoms with E-state index in [1.54, 1.807) is 0 Å². The van der Waals surface area contributed by atoms with Gasteiger partial charge in [0.1, 0.15) is 11.7 Å². The molecule has 4 heteroatoms. The van der Waals surface area contributed by atoms with Crippen molar-refractivity contribution < 1.29 is 4.42 Å². The van der Waals surface area contributed by atoms with Crippen molar-refractivity contribution in [2.45, 2.75) is 38.6 Å². The van der Waals surface area contributed by atoms with E-state index in [1.165, 1.54) is 38.8 Å². The van der Waals surface area contributed by atoms with E-state index in [1.807, 2.05) is 12.3 Å². The zero-order chi connectivity index (χ0) is 23.5. The second-order valence-electron chi connectivity index (χ2n) is 9.59. The van der Waals surface area contributed by atoms with Crippen molar-refractivity contribution in [2.24, 2.45) is 0 Å². The van der Waals surface area contributed by atoms with Gasteiger partial charge in [-0.25, -0.2) is 0 Å². The fraction of sp³-hybridized carbons (Fsp3) is 0.194. The van der Waals surface area contributed by atoms with Crippen LogP contribution in [0.4, 0.5) is 0 Å². The third-order valence-corrected chi connectivity index (χ3v) is 7.54. The van der Waals surface area contributed by atoms with Gasteiger partial charge in [-0.2, -0.15) is 5.26 Å². The van der Waals surface area contributed by atoms with Crippen molar-refractivity contribution in [1.29, 1.82) is 5.26 Å². The number of benzene rings is 2. The molecule has 0 fully saturated rings. The molecule has 1 aliphatic heterocycles. The molecule has 0 spiro atoms. The van der Waals surface area contributed by atoms with E-state index < -0.39 is 0 Å². The van der Waals surface area contributed by atoms with Gasteiger partial charge in [-0.1, -0.05) is 54.6 Å². The molecule has 3 heterocycles. The normalized spacial score (nSPS) is 19.1. The number of rotatable bonds is 2. The van der Waals surface area contributed by atoms with Crippen LogP contribution in [0.3, 0.4) is 0 Å². The Hall–Kier alpha value is -4.23. The van der Waals surface area contributed by atoms with Crippen molar-refractivity contribution in [1.82, 2.24) is 9.88 Å². The van der Waals surface area contributed by atoms with Gasteiger partial charge < -0.3 is 14.3 Å². The van der Waals surface area contributed by atoms with E-state index in [0.29, 0.717) is 5.57 Å². The number of hydrogen-bond acceptors (Lipinski definition) is 3. The van der Waals surface area contributed by atoms with Crippen LogP contribution in [-0.2, 0) is 12.8 Å². The number of furan rings is 1. The van der Waals surface area contributed by atoms with Gasteiger partial charge in [-0.05, 0) is 50.3 Å². The maximum absolute atomic E-state index is 9.90. The standard InChI is InChI=1S/C31H25N3O/c1-19-16-26(20(17-32)18-33-19)22-9-3-6-12-28(22)34-27-11-5-2-8-21(27)24-14-15-25-23-10-4-7-13-29(23)35-31(25)30(24)34/h2-5,7-11,13,16,18-19,33H,6,12,14-15H2,1H3. The summed E-state index contributed by atoms with van der Waals surface area (Å²) in [6.07, 6.45) is 12.3. The number of allylic oxidation sites excluding steroid dienone is 6. The SMILES string of the molecule is CC1C=C(C2=C(n3c4c(c5ccccc53)CCc3c-4oc4ccccc34)CCC=C2)C(C#N)=CN1. The molecule has 0 saturated carbocycles. The summed E-state index contributed by atoms with van der Waals surface area (Å²) in [7, 11) is 0. The minimum absolute atomic E-state index is 0.170. The molecule has 1 N–H and O–H groups in total. The van der Waals surface area contributed by atoms with Crippen LogP contribution in [0.2, 0.25) is 0 Å². The zero-order valence-corrected chi connectivity index (χ0v) is 19.6. The summed E-state index contributed by atoms with van der Waals surface area (Å²) in [6.45, 7) is 2.12. The molecule has 0 saturated heterocycles. The van der Waals surface area contributed by atoms with Gasteiger partial charge >= 0.3 is 0 Å². The van der Waals surface area contributed by atoms with Gasteiger partial charge in [0.25, 0.3) is 0 Å². The minimum atomic E-state index is 0.170. The first-order valence-electron chi connectivity index (χ1n) is 12.4. The number of dihydropyridines is 1. The highest BCUT2D eigenvalue weighted by Crippen LogP contribution is 2.47. The van der Waals surface area contributed by atoms with Crippen LogP contribution in [-0.4, -0.2) is 10.6 Å². The molecule has 0 bridgehead atoms. The number of nitrogens with one attached hydrogen (secondary N) is 1. The van der Waals surface area contributed by atoms with E-state index in [0.717, 1.165) is 48.2 Å². The Bertz CT molecular complexity index is 1700. The van der Waals surface area contributed by atoms with Crippen LogP contribution in [0.1, 0.15) is 30.9 Å². The zero-order valence-electron chi connectivity index (χ0n) is 19.6. The summed E-state index contributed by atoms with van der Waals surface area (Å²) in [6, 6.07) is 19.7. The van der Waals surface area contributed by atoms with Gasteiger partial charge in [0.05, 0.1) is 16.8 Å². The Morgan fingerprint density at radius 3 is 2.69 bits per heavy atom.